The number of rotatable bonds is 3. The van der Waals surface area contributed by atoms with Gasteiger partial charge in [-0.1, -0.05) is 29.8 Å². The minimum absolute atomic E-state index is 0.0340. The molecule has 0 bridgehead atoms. The molecule has 2 aromatic carbocycles. The van der Waals surface area contributed by atoms with Gasteiger partial charge in [-0.25, -0.2) is 4.98 Å². The second kappa shape index (κ2) is 6.13. The third kappa shape index (κ3) is 2.69. The number of fused-ring (bicyclic) bond motifs is 1. The van der Waals surface area contributed by atoms with E-state index in [4.69, 9.17) is 16.3 Å². The molecule has 5 heteroatoms. The van der Waals surface area contributed by atoms with Crippen molar-refractivity contribution in [2.45, 2.75) is 12.5 Å². The van der Waals surface area contributed by atoms with Crippen molar-refractivity contribution in [1.29, 1.82) is 0 Å². The molecule has 120 valence electrons. The summed E-state index contributed by atoms with van der Waals surface area (Å²) in [5, 5.41) is 6.09. The predicted octanol–water partition coefficient (Wildman–Crippen LogP) is 4.34. The van der Waals surface area contributed by atoms with Gasteiger partial charge >= 0.3 is 0 Å². The molecule has 4 nitrogen and oxygen atoms in total. The van der Waals surface area contributed by atoms with Gasteiger partial charge in [-0.3, -0.25) is 0 Å². The number of nitrogens with one attached hydrogen (secondary N) is 1. The lowest BCUT2D eigenvalue weighted by atomic mass is 9.99. The topological polar surface area (TPSA) is 46.5 Å². The molecule has 24 heavy (non-hydrogen) atoms. The van der Waals surface area contributed by atoms with E-state index in [1.165, 1.54) is 0 Å². The molecule has 2 heterocycles. The Morgan fingerprint density at radius 3 is 2.71 bits per heavy atom. The van der Waals surface area contributed by atoms with Crippen LogP contribution in [0.5, 0.6) is 5.75 Å². The highest BCUT2D eigenvalue weighted by atomic mass is 35.5. The van der Waals surface area contributed by atoms with Crippen molar-refractivity contribution in [3.63, 3.8) is 0 Å². The summed E-state index contributed by atoms with van der Waals surface area (Å²) in [7, 11) is 1.66. The summed E-state index contributed by atoms with van der Waals surface area (Å²) in [6.07, 6.45) is 0.770. The van der Waals surface area contributed by atoms with Crippen molar-refractivity contribution in [2.24, 2.45) is 5.10 Å². The van der Waals surface area contributed by atoms with E-state index in [-0.39, 0.29) is 6.04 Å². The van der Waals surface area contributed by atoms with E-state index in [1.54, 1.807) is 7.11 Å². The maximum atomic E-state index is 6.40. The lowest BCUT2D eigenvalue weighted by Gasteiger charge is -2.13. The lowest BCUT2D eigenvalue weighted by Crippen LogP contribution is -2.11. The molecule has 0 fully saturated rings. The normalized spacial score (nSPS) is 16.8. The number of pyridine rings is 1. The zero-order chi connectivity index (χ0) is 16.5. The molecule has 1 aliphatic rings. The standard InChI is InChI=1S/C19H16ClN3O/c1-24-14-8-6-12(7-9-14)17-11-18(23-22-17)15-10-13-4-2-3-5-16(13)21-19(15)20/h2-10,18,23H,11H2,1H3. The summed E-state index contributed by atoms with van der Waals surface area (Å²) >= 11 is 6.40. The van der Waals surface area contributed by atoms with Gasteiger partial charge in [0.1, 0.15) is 10.9 Å². The first kappa shape index (κ1) is 15.0. The first-order chi connectivity index (χ1) is 11.7. The van der Waals surface area contributed by atoms with Crippen LogP contribution in [-0.4, -0.2) is 17.8 Å². The van der Waals surface area contributed by atoms with Crippen molar-refractivity contribution in [2.75, 3.05) is 7.11 Å². The van der Waals surface area contributed by atoms with Crippen LogP contribution in [0.1, 0.15) is 23.6 Å². The summed E-state index contributed by atoms with van der Waals surface area (Å²) in [6, 6.07) is 18.0. The van der Waals surface area contributed by atoms with Crippen LogP contribution in [-0.2, 0) is 0 Å². The fourth-order valence-electron chi connectivity index (χ4n) is 2.94. The van der Waals surface area contributed by atoms with Gasteiger partial charge in [0.2, 0.25) is 0 Å². The van der Waals surface area contributed by atoms with Gasteiger partial charge in [-0.15, -0.1) is 0 Å². The van der Waals surface area contributed by atoms with Crippen molar-refractivity contribution in [3.8, 4) is 5.75 Å². The molecular formula is C19H16ClN3O. The second-order valence-electron chi connectivity index (χ2n) is 5.73. The van der Waals surface area contributed by atoms with Crippen molar-refractivity contribution >= 4 is 28.2 Å². The number of halogens is 1. The smallest absolute Gasteiger partial charge is 0.135 e. The number of ether oxygens (including phenoxy) is 1. The molecule has 1 atom stereocenters. The molecule has 0 radical (unpaired) electrons. The number of nitrogens with zero attached hydrogens (tertiary/aromatic N) is 2. The molecule has 0 aliphatic carbocycles. The summed E-state index contributed by atoms with van der Waals surface area (Å²) in [4.78, 5) is 4.50. The van der Waals surface area contributed by atoms with Gasteiger partial charge in [0.25, 0.3) is 0 Å². The van der Waals surface area contributed by atoms with Crippen LogP contribution in [0.2, 0.25) is 5.15 Å². The Labute approximate surface area is 145 Å². The molecule has 1 aliphatic heterocycles. The van der Waals surface area contributed by atoms with E-state index in [1.807, 2.05) is 48.5 Å². The van der Waals surface area contributed by atoms with Crippen LogP contribution < -0.4 is 10.2 Å². The number of methoxy groups -OCH3 is 1. The van der Waals surface area contributed by atoms with E-state index in [2.05, 4.69) is 21.6 Å². The van der Waals surface area contributed by atoms with Gasteiger partial charge < -0.3 is 10.2 Å². The Bertz CT molecular complexity index is 922. The SMILES string of the molecule is COc1ccc(C2=NNC(c3cc4ccccc4nc3Cl)C2)cc1. The van der Waals surface area contributed by atoms with Gasteiger partial charge in [0.15, 0.2) is 0 Å². The number of hydrazone groups is 1. The number of benzene rings is 2. The number of hydrogen-bond donors (Lipinski definition) is 1. The first-order valence-electron chi connectivity index (χ1n) is 7.76. The van der Waals surface area contributed by atoms with Gasteiger partial charge in [0, 0.05) is 17.4 Å². The van der Waals surface area contributed by atoms with E-state index in [9.17, 15) is 0 Å². The maximum absolute atomic E-state index is 6.40. The molecule has 4 rings (SSSR count). The van der Waals surface area contributed by atoms with Crippen LogP contribution >= 0.6 is 11.6 Å². The minimum atomic E-state index is 0.0340. The molecule has 1 aromatic heterocycles. The number of hydrogen-bond acceptors (Lipinski definition) is 4. The predicted molar refractivity (Wildman–Crippen MR) is 96.8 cm³/mol. The number of aromatic nitrogens is 1. The molecule has 1 N–H and O–H groups in total. The lowest BCUT2D eigenvalue weighted by molar-refractivity contribution is 0.415. The molecule has 0 saturated carbocycles. The summed E-state index contributed by atoms with van der Waals surface area (Å²) < 4.78 is 5.20. The number of para-hydroxylation sites is 1. The third-order valence-corrected chi connectivity index (χ3v) is 4.56. The molecule has 0 amide bonds. The van der Waals surface area contributed by atoms with Crippen molar-refractivity contribution in [1.82, 2.24) is 10.4 Å². The highest BCUT2D eigenvalue weighted by Gasteiger charge is 2.24. The first-order valence-corrected chi connectivity index (χ1v) is 8.14. The van der Waals surface area contributed by atoms with Crippen LogP contribution in [0.25, 0.3) is 10.9 Å². The van der Waals surface area contributed by atoms with Crippen LogP contribution in [0.15, 0.2) is 59.7 Å². The summed E-state index contributed by atoms with van der Waals surface area (Å²) in [6.45, 7) is 0. The van der Waals surface area contributed by atoms with E-state index >= 15 is 0 Å². The Morgan fingerprint density at radius 2 is 1.92 bits per heavy atom. The Kier molecular flexibility index (Phi) is 3.82. The van der Waals surface area contributed by atoms with E-state index < -0.39 is 0 Å². The molecule has 0 saturated heterocycles. The van der Waals surface area contributed by atoms with Crippen LogP contribution in [0.4, 0.5) is 0 Å². The van der Waals surface area contributed by atoms with E-state index in [0.717, 1.165) is 39.9 Å². The van der Waals surface area contributed by atoms with Crippen molar-refractivity contribution < 1.29 is 4.74 Å². The Hall–Kier alpha value is -2.59. The van der Waals surface area contributed by atoms with Gasteiger partial charge in [-0.05, 0) is 42.0 Å². The zero-order valence-electron chi connectivity index (χ0n) is 13.2. The highest BCUT2D eigenvalue weighted by Crippen LogP contribution is 2.31. The van der Waals surface area contributed by atoms with Crippen LogP contribution in [0, 0.1) is 0 Å². The molecule has 0 spiro atoms. The van der Waals surface area contributed by atoms with Gasteiger partial charge in [-0.2, -0.15) is 5.10 Å². The summed E-state index contributed by atoms with van der Waals surface area (Å²) in [5.74, 6) is 0.837. The third-order valence-electron chi connectivity index (χ3n) is 4.26. The highest BCUT2D eigenvalue weighted by molar-refractivity contribution is 6.30. The maximum Gasteiger partial charge on any atom is 0.135 e. The van der Waals surface area contributed by atoms with Crippen LogP contribution in [0.3, 0.4) is 0 Å². The Morgan fingerprint density at radius 1 is 1.12 bits per heavy atom. The monoisotopic (exact) mass is 337 g/mol. The zero-order valence-corrected chi connectivity index (χ0v) is 13.9. The quantitative estimate of drug-likeness (QED) is 0.723. The largest absolute Gasteiger partial charge is 0.497 e. The fraction of sp³-hybridized carbons (Fsp3) is 0.158. The van der Waals surface area contributed by atoms with E-state index in [0.29, 0.717) is 5.15 Å². The minimum Gasteiger partial charge on any atom is -0.497 e. The Balaban J connectivity index is 1.60. The fourth-order valence-corrected chi connectivity index (χ4v) is 3.22. The summed E-state index contributed by atoms with van der Waals surface area (Å²) in [5.41, 5.74) is 7.15. The average molecular weight is 338 g/mol. The molecule has 3 aromatic rings. The second-order valence-corrected chi connectivity index (χ2v) is 6.09. The molecular weight excluding hydrogens is 322 g/mol. The molecule has 1 unspecified atom stereocenters. The van der Waals surface area contributed by atoms with Crippen molar-refractivity contribution in [3.05, 3.63) is 70.9 Å². The van der Waals surface area contributed by atoms with Gasteiger partial charge in [0.05, 0.1) is 24.4 Å². The average Bonchev–Trinajstić information content (AvgIpc) is 3.11.